The highest BCUT2D eigenvalue weighted by Gasteiger charge is 2.16. The lowest BCUT2D eigenvalue weighted by Crippen LogP contribution is -2.34. The molecule has 0 saturated carbocycles. The van der Waals surface area contributed by atoms with Crippen molar-refractivity contribution in [3.8, 4) is 0 Å². The molecule has 31 heavy (non-hydrogen) atoms. The van der Waals surface area contributed by atoms with Crippen LogP contribution in [0.15, 0.2) is 45.6 Å². The van der Waals surface area contributed by atoms with Crippen molar-refractivity contribution in [3.05, 3.63) is 67.5 Å². The Morgan fingerprint density at radius 3 is 2.90 bits per heavy atom. The number of nitrogens with one attached hydrogen (secondary N) is 1. The van der Waals surface area contributed by atoms with Gasteiger partial charge in [-0.2, -0.15) is 0 Å². The highest BCUT2D eigenvalue weighted by atomic mass is 35.5. The topological polar surface area (TPSA) is 101 Å². The Morgan fingerprint density at radius 2 is 2.10 bits per heavy atom. The van der Waals surface area contributed by atoms with E-state index < -0.39 is 0 Å². The number of fused-ring (bicyclic) bond motifs is 2. The molecular weight excluding hydrogens is 438 g/mol. The summed E-state index contributed by atoms with van der Waals surface area (Å²) in [6.45, 7) is 2.87. The van der Waals surface area contributed by atoms with Crippen LogP contribution < -0.4 is 11.1 Å². The van der Waals surface area contributed by atoms with Gasteiger partial charge < -0.3 is 9.88 Å². The largest absolute Gasteiger partial charge is 0.335 e. The van der Waals surface area contributed by atoms with Crippen molar-refractivity contribution in [3.63, 3.8) is 0 Å². The molecule has 0 radical (unpaired) electrons. The van der Waals surface area contributed by atoms with Crippen LogP contribution in [-0.2, 0) is 17.9 Å². The van der Waals surface area contributed by atoms with Gasteiger partial charge in [-0.25, -0.2) is 9.97 Å². The monoisotopic (exact) mass is 457 g/mol. The van der Waals surface area contributed by atoms with Crippen LogP contribution in [0.4, 0.5) is 0 Å². The molecule has 0 bridgehead atoms. The minimum absolute atomic E-state index is 0.131. The van der Waals surface area contributed by atoms with Crippen LogP contribution in [-0.4, -0.2) is 36.9 Å². The van der Waals surface area contributed by atoms with Gasteiger partial charge in [-0.15, -0.1) is 11.3 Å². The van der Waals surface area contributed by atoms with E-state index in [9.17, 15) is 14.4 Å². The molecule has 1 aromatic carbocycles. The molecule has 160 valence electrons. The molecule has 1 N–H and O–H groups in total. The summed E-state index contributed by atoms with van der Waals surface area (Å²) in [6, 6.07) is 6.63. The lowest BCUT2D eigenvalue weighted by molar-refractivity contribution is -0.132. The molecule has 0 aliphatic heterocycles. The van der Waals surface area contributed by atoms with Crippen LogP contribution in [0, 0.1) is 0 Å². The Bertz CT molecular complexity index is 1380. The lowest BCUT2D eigenvalue weighted by atomic mass is 10.2. The highest BCUT2D eigenvalue weighted by Crippen LogP contribution is 2.16. The number of aromatic amines is 1. The molecular formula is C21H20ClN5O3S. The third-order valence-corrected chi connectivity index (χ3v) is 5.98. The zero-order valence-corrected chi connectivity index (χ0v) is 18.4. The zero-order valence-electron chi connectivity index (χ0n) is 16.8. The molecule has 4 aromatic rings. The highest BCUT2D eigenvalue weighted by molar-refractivity contribution is 7.16. The third-order valence-electron chi connectivity index (χ3n) is 4.92. The molecule has 0 aliphatic carbocycles. The first kappa shape index (κ1) is 21.2. The summed E-state index contributed by atoms with van der Waals surface area (Å²) >= 11 is 7.43. The number of hydrogen-bond donors (Lipinski definition) is 1. The van der Waals surface area contributed by atoms with E-state index in [1.54, 1.807) is 29.2 Å². The van der Waals surface area contributed by atoms with Crippen LogP contribution in [0.3, 0.4) is 0 Å². The van der Waals surface area contributed by atoms with Crippen molar-refractivity contribution in [2.45, 2.75) is 32.9 Å². The number of aryl methyl sites for hydroxylation is 1. The Kier molecular flexibility index (Phi) is 6.15. The zero-order chi connectivity index (χ0) is 22.0. The minimum atomic E-state index is -0.276. The van der Waals surface area contributed by atoms with E-state index in [1.165, 1.54) is 22.2 Å². The molecule has 0 unspecified atom stereocenters. The Balaban J connectivity index is 1.52. The lowest BCUT2D eigenvalue weighted by Gasteiger charge is -2.22. The summed E-state index contributed by atoms with van der Waals surface area (Å²) in [5.74, 6) is 0.257. The molecule has 0 spiro atoms. The predicted molar refractivity (Wildman–Crippen MR) is 122 cm³/mol. The number of benzene rings is 1. The molecule has 1 amide bonds. The van der Waals surface area contributed by atoms with Gasteiger partial charge in [-0.1, -0.05) is 18.5 Å². The fourth-order valence-electron chi connectivity index (χ4n) is 3.41. The summed E-state index contributed by atoms with van der Waals surface area (Å²) in [4.78, 5) is 51.6. The second-order valence-corrected chi connectivity index (χ2v) is 8.45. The molecule has 0 fully saturated rings. The molecule has 0 aliphatic rings. The van der Waals surface area contributed by atoms with E-state index in [0.29, 0.717) is 38.5 Å². The molecule has 4 rings (SSSR count). The number of thiophene rings is 1. The first-order chi connectivity index (χ1) is 15.0. The van der Waals surface area contributed by atoms with Gasteiger partial charge in [0.05, 0.1) is 29.2 Å². The van der Waals surface area contributed by atoms with Gasteiger partial charge in [0, 0.05) is 24.5 Å². The standard InChI is InChI=1S/C21H20ClN5O3S/c1-2-7-26(11-17-24-16-10-13(22)3-4-14(16)19(29)25-17)18(28)5-8-27-12-23-20-15(21(27)30)6-9-31-20/h3-4,6,9-10,12H,2,5,7-8,11H2,1H3,(H,24,25,29). The fraction of sp³-hybridized carbons (Fsp3) is 0.286. The van der Waals surface area contributed by atoms with Crippen molar-refractivity contribution in [1.29, 1.82) is 0 Å². The maximum atomic E-state index is 12.9. The number of aromatic nitrogens is 4. The summed E-state index contributed by atoms with van der Waals surface area (Å²) in [5.41, 5.74) is 0.0533. The summed E-state index contributed by atoms with van der Waals surface area (Å²) in [7, 11) is 0. The average molecular weight is 458 g/mol. The number of carbonyl (C=O) groups excluding carboxylic acids is 1. The van der Waals surface area contributed by atoms with Crippen molar-refractivity contribution >= 4 is 50.0 Å². The van der Waals surface area contributed by atoms with Gasteiger partial charge in [0.25, 0.3) is 11.1 Å². The van der Waals surface area contributed by atoms with E-state index in [4.69, 9.17) is 11.6 Å². The number of nitrogens with zero attached hydrogens (tertiary/aromatic N) is 4. The maximum Gasteiger partial charge on any atom is 0.262 e. The summed E-state index contributed by atoms with van der Waals surface area (Å²) < 4.78 is 1.45. The number of rotatable bonds is 7. The first-order valence-corrected chi connectivity index (χ1v) is 11.1. The van der Waals surface area contributed by atoms with Crippen molar-refractivity contribution in [2.24, 2.45) is 0 Å². The quantitative estimate of drug-likeness (QED) is 0.459. The molecule has 3 aromatic heterocycles. The molecule has 10 heteroatoms. The minimum Gasteiger partial charge on any atom is -0.335 e. The second kappa shape index (κ2) is 8.99. The van der Waals surface area contributed by atoms with E-state index in [2.05, 4.69) is 15.0 Å². The molecule has 8 nitrogen and oxygen atoms in total. The number of carbonyl (C=O) groups is 1. The van der Waals surface area contributed by atoms with Gasteiger partial charge in [0.1, 0.15) is 10.7 Å². The fourth-order valence-corrected chi connectivity index (χ4v) is 4.30. The van der Waals surface area contributed by atoms with E-state index in [1.807, 2.05) is 12.3 Å². The number of halogens is 1. The first-order valence-electron chi connectivity index (χ1n) is 9.85. The van der Waals surface area contributed by atoms with Crippen LogP contribution in [0.5, 0.6) is 0 Å². The SMILES string of the molecule is CCCN(Cc1nc2cc(Cl)ccc2c(=O)[nH]1)C(=O)CCn1cnc2sccc2c1=O. The normalized spacial score (nSPS) is 11.3. The smallest absolute Gasteiger partial charge is 0.262 e. The van der Waals surface area contributed by atoms with Gasteiger partial charge in [-0.3, -0.25) is 19.0 Å². The number of amides is 1. The van der Waals surface area contributed by atoms with Crippen LogP contribution in [0.25, 0.3) is 21.1 Å². The van der Waals surface area contributed by atoms with Gasteiger partial charge >= 0.3 is 0 Å². The molecule has 0 atom stereocenters. The Hall–Kier alpha value is -3.04. The van der Waals surface area contributed by atoms with E-state index >= 15 is 0 Å². The Morgan fingerprint density at radius 1 is 1.26 bits per heavy atom. The van der Waals surface area contributed by atoms with Crippen LogP contribution >= 0.6 is 22.9 Å². The number of H-pyrrole nitrogens is 1. The molecule has 0 saturated heterocycles. The van der Waals surface area contributed by atoms with E-state index in [0.717, 1.165) is 6.42 Å². The van der Waals surface area contributed by atoms with Gasteiger partial charge in [0.15, 0.2) is 0 Å². The van der Waals surface area contributed by atoms with Crippen molar-refractivity contribution in [1.82, 2.24) is 24.4 Å². The number of hydrogen-bond acceptors (Lipinski definition) is 6. The van der Waals surface area contributed by atoms with Crippen LogP contribution in [0.2, 0.25) is 5.02 Å². The van der Waals surface area contributed by atoms with Crippen molar-refractivity contribution in [2.75, 3.05) is 6.54 Å². The predicted octanol–water partition coefficient (Wildman–Crippen LogP) is 3.18. The average Bonchev–Trinajstić information content (AvgIpc) is 3.22. The van der Waals surface area contributed by atoms with E-state index in [-0.39, 0.29) is 36.5 Å². The molecule has 3 heterocycles. The van der Waals surface area contributed by atoms with Crippen molar-refractivity contribution < 1.29 is 4.79 Å². The Labute approximate surface area is 186 Å². The third kappa shape index (κ3) is 4.52. The van der Waals surface area contributed by atoms with Crippen LogP contribution in [0.1, 0.15) is 25.6 Å². The maximum absolute atomic E-state index is 12.9. The van der Waals surface area contributed by atoms with Gasteiger partial charge in [0.2, 0.25) is 5.91 Å². The van der Waals surface area contributed by atoms with Gasteiger partial charge in [-0.05, 0) is 36.1 Å². The second-order valence-electron chi connectivity index (χ2n) is 7.12. The summed E-state index contributed by atoms with van der Waals surface area (Å²) in [6.07, 6.45) is 2.36. The summed E-state index contributed by atoms with van der Waals surface area (Å²) in [5, 5.41) is 3.31.